The Balaban J connectivity index is 2.36. The first-order valence-electron chi connectivity index (χ1n) is 5.32. The Kier molecular flexibility index (Phi) is 3.97. The minimum Gasteiger partial charge on any atom is -0.285 e. The largest absolute Gasteiger partial charge is 0.285 e. The van der Waals surface area contributed by atoms with Crippen molar-refractivity contribution in [2.75, 3.05) is 0 Å². The molecule has 0 spiro atoms. The normalized spacial score (nSPS) is 18.4. The molecule has 0 unspecified atom stereocenters. The van der Waals surface area contributed by atoms with Gasteiger partial charge in [-0.2, -0.15) is 12.8 Å². The standard InChI is InChI=1S/C10H10F2N4O3S/c11-9-5-10(15-16(12)14-9)13-8-4-2-1-3-7(8)6-20(17,18)19/h1-5,14H,6H2,(H,13,15)(H,17,18,19). The van der Waals surface area contributed by atoms with E-state index in [1.807, 2.05) is 0 Å². The van der Waals surface area contributed by atoms with Gasteiger partial charge in [-0.05, 0) is 11.6 Å². The molecule has 20 heavy (non-hydrogen) atoms. The van der Waals surface area contributed by atoms with Crippen molar-refractivity contribution in [3.8, 4) is 0 Å². The van der Waals surface area contributed by atoms with Crippen LogP contribution in [0.3, 0.4) is 0 Å². The summed E-state index contributed by atoms with van der Waals surface area (Å²) in [5, 5.41) is -0.237. The van der Waals surface area contributed by atoms with E-state index >= 15 is 0 Å². The number of aliphatic imine (C=N–C) groups is 1. The van der Waals surface area contributed by atoms with Crippen LogP contribution >= 0.6 is 0 Å². The average Bonchev–Trinajstić information content (AvgIpc) is 2.28. The zero-order valence-electron chi connectivity index (χ0n) is 9.92. The van der Waals surface area contributed by atoms with Crippen LogP contribution in [0.15, 0.2) is 41.3 Å². The molecular formula is C10H10F2N4O3S. The number of halogens is 2. The molecule has 0 bridgehead atoms. The number of para-hydroxylation sites is 1. The van der Waals surface area contributed by atoms with Crippen LogP contribution < -0.4 is 10.9 Å². The Morgan fingerprint density at radius 2 is 2.00 bits per heavy atom. The molecule has 7 nitrogen and oxygen atoms in total. The molecular weight excluding hydrogens is 294 g/mol. The number of hydrazine groups is 2. The van der Waals surface area contributed by atoms with E-state index in [0.717, 1.165) is 6.08 Å². The Bertz CT molecular complexity index is 675. The molecule has 108 valence electrons. The van der Waals surface area contributed by atoms with E-state index in [0.29, 0.717) is 0 Å². The Hall–Kier alpha value is -2.04. The topological polar surface area (TPSA) is 94.0 Å². The van der Waals surface area contributed by atoms with Gasteiger partial charge in [-0.15, -0.1) is 0 Å². The lowest BCUT2D eigenvalue weighted by Gasteiger charge is -2.19. The van der Waals surface area contributed by atoms with E-state index in [4.69, 9.17) is 4.55 Å². The van der Waals surface area contributed by atoms with Gasteiger partial charge in [0.2, 0.25) is 5.95 Å². The van der Waals surface area contributed by atoms with Crippen molar-refractivity contribution >= 4 is 21.6 Å². The molecule has 3 N–H and O–H groups in total. The predicted molar refractivity (Wildman–Crippen MR) is 67.2 cm³/mol. The smallest absolute Gasteiger partial charge is 0.269 e. The highest BCUT2D eigenvalue weighted by Crippen LogP contribution is 2.21. The molecule has 1 heterocycles. The van der Waals surface area contributed by atoms with Crippen molar-refractivity contribution in [3.63, 3.8) is 0 Å². The highest BCUT2D eigenvalue weighted by atomic mass is 32.2. The molecule has 0 saturated carbocycles. The summed E-state index contributed by atoms with van der Waals surface area (Å²) >= 11 is 0. The van der Waals surface area contributed by atoms with Crippen LogP contribution in [0.1, 0.15) is 5.56 Å². The summed E-state index contributed by atoms with van der Waals surface area (Å²) in [7, 11) is -4.24. The Morgan fingerprint density at radius 1 is 1.30 bits per heavy atom. The van der Waals surface area contributed by atoms with Gasteiger partial charge in [0.05, 0.1) is 5.69 Å². The van der Waals surface area contributed by atoms with Crippen molar-refractivity contribution in [2.24, 2.45) is 4.99 Å². The lowest BCUT2D eigenvalue weighted by Crippen LogP contribution is -2.47. The predicted octanol–water partition coefficient (Wildman–Crippen LogP) is 1.12. The van der Waals surface area contributed by atoms with Crippen molar-refractivity contribution in [1.29, 1.82) is 0 Å². The molecule has 0 saturated heterocycles. The first-order chi connectivity index (χ1) is 9.33. The zero-order valence-corrected chi connectivity index (χ0v) is 10.7. The number of hydrogen-bond donors (Lipinski definition) is 3. The molecule has 1 aliphatic rings. The lowest BCUT2D eigenvalue weighted by atomic mass is 10.2. The summed E-state index contributed by atoms with van der Waals surface area (Å²) in [6, 6.07) is 6.01. The highest BCUT2D eigenvalue weighted by Gasteiger charge is 2.15. The SMILES string of the molecule is O=S(=O)(O)Cc1ccccc1N=C1C=C(F)NN(F)N1. The van der Waals surface area contributed by atoms with Crippen LogP contribution in [0.4, 0.5) is 14.6 Å². The lowest BCUT2D eigenvalue weighted by molar-refractivity contribution is -0.0612. The van der Waals surface area contributed by atoms with Gasteiger partial charge in [0, 0.05) is 11.4 Å². The second kappa shape index (κ2) is 5.53. The maximum atomic E-state index is 13.0. The van der Waals surface area contributed by atoms with Gasteiger partial charge >= 0.3 is 0 Å². The number of hydrogen-bond acceptors (Lipinski definition) is 5. The van der Waals surface area contributed by atoms with Gasteiger partial charge in [0.15, 0.2) is 0 Å². The first kappa shape index (κ1) is 14.4. The highest BCUT2D eigenvalue weighted by molar-refractivity contribution is 7.85. The van der Waals surface area contributed by atoms with Crippen LogP contribution in [0.5, 0.6) is 0 Å². The van der Waals surface area contributed by atoms with Gasteiger partial charge in [-0.3, -0.25) is 9.98 Å². The van der Waals surface area contributed by atoms with Crippen LogP contribution in [0.25, 0.3) is 0 Å². The van der Waals surface area contributed by atoms with Gasteiger partial charge in [0.25, 0.3) is 10.1 Å². The zero-order chi connectivity index (χ0) is 14.8. The third kappa shape index (κ3) is 3.98. The first-order valence-corrected chi connectivity index (χ1v) is 6.92. The van der Waals surface area contributed by atoms with E-state index in [-0.39, 0.29) is 22.4 Å². The second-order valence-corrected chi connectivity index (χ2v) is 5.30. The van der Waals surface area contributed by atoms with Crippen molar-refractivity contribution in [1.82, 2.24) is 16.2 Å². The number of rotatable bonds is 3. The minimum absolute atomic E-state index is 0.159. The summed E-state index contributed by atoms with van der Waals surface area (Å²) in [6.45, 7) is 0. The minimum atomic E-state index is -4.24. The second-order valence-electron chi connectivity index (χ2n) is 3.85. The fraction of sp³-hybridized carbons (Fsp3) is 0.100. The van der Waals surface area contributed by atoms with Crippen LogP contribution in [-0.2, 0) is 15.9 Å². The summed E-state index contributed by atoms with van der Waals surface area (Å²) in [4.78, 5) is 3.89. The van der Waals surface area contributed by atoms with Crippen LogP contribution in [0, 0.1) is 0 Å². The summed E-state index contributed by atoms with van der Waals surface area (Å²) in [5.41, 5.74) is 4.10. The number of nitrogens with one attached hydrogen (secondary N) is 2. The van der Waals surface area contributed by atoms with Gasteiger partial charge in [-0.1, -0.05) is 22.7 Å². The molecule has 1 aliphatic heterocycles. The summed E-state index contributed by atoms with van der Waals surface area (Å²) in [6.07, 6.45) is 0.889. The summed E-state index contributed by atoms with van der Waals surface area (Å²) in [5.74, 6) is -1.80. The van der Waals surface area contributed by atoms with Gasteiger partial charge < -0.3 is 0 Å². The monoisotopic (exact) mass is 304 g/mol. The molecule has 1 aromatic carbocycles. The third-order valence-corrected chi connectivity index (χ3v) is 2.93. The van der Waals surface area contributed by atoms with E-state index in [9.17, 15) is 17.3 Å². The van der Waals surface area contributed by atoms with Crippen LogP contribution in [0.2, 0.25) is 0 Å². The fourth-order valence-electron chi connectivity index (χ4n) is 1.53. The number of nitrogens with zero attached hydrogens (tertiary/aromatic N) is 2. The van der Waals surface area contributed by atoms with Gasteiger partial charge in [-0.25, -0.2) is 10.4 Å². The van der Waals surface area contributed by atoms with E-state index in [1.54, 1.807) is 17.6 Å². The molecule has 0 atom stereocenters. The molecule has 1 aromatic rings. The molecule has 0 aromatic heterocycles. The molecule has 0 aliphatic carbocycles. The average molecular weight is 304 g/mol. The van der Waals surface area contributed by atoms with Crippen LogP contribution in [-0.4, -0.2) is 24.1 Å². The fourth-order valence-corrected chi connectivity index (χ4v) is 2.17. The number of amidine groups is 1. The molecule has 2 rings (SSSR count). The van der Waals surface area contributed by atoms with Crippen molar-refractivity contribution in [2.45, 2.75) is 5.75 Å². The van der Waals surface area contributed by atoms with E-state index < -0.39 is 21.8 Å². The molecule has 0 radical (unpaired) electrons. The molecule has 10 heteroatoms. The molecule has 0 fully saturated rings. The van der Waals surface area contributed by atoms with E-state index in [1.165, 1.54) is 12.1 Å². The maximum absolute atomic E-state index is 13.0. The Morgan fingerprint density at radius 3 is 2.65 bits per heavy atom. The quantitative estimate of drug-likeness (QED) is 0.440. The number of benzene rings is 1. The van der Waals surface area contributed by atoms with Crippen molar-refractivity contribution in [3.05, 3.63) is 41.9 Å². The Labute approximate surface area is 113 Å². The van der Waals surface area contributed by atoms with Crippen molar-refractivity contribution < 1.29 is 21.8 Å². The third-order valence-electron chi connectivity index (χ3n) is 2.25. The van der Waals surface area contributed by atoms with Gasteiger partial charge in [0.1, 0.15) is 11.6 Å². The summed E-state index contributed by atoms with van der Waals surface area (Å²) < 4.78 is 56.5. The van der Waals surface area contributed by atoms with E-state index in [2.05, 4.69) is 10.4 Å². The molecule has 0 amide bonds. The maximum Gasteiger partial charge on any atom is 0.269 e.